The Hall–Kier alpha value is 1.14. The van der Waals surface area contributed by atoms with Crippen molar-refractivity contribution in [2.75, 3.05) is 0 Å². The summed E-state index contributed by atoms with van der Waals surface area (Å²) in [6.07, 6.45) is 0. The Balaban J connectivity index is -0.0000000200. The van der Waals surface area contributed by atoms with Crippen molar-refractivity contribution in [1.29, 1.82) is 0 Å². The molecule has 0 nitrogen and oxygen atoms in total. The molecule has 5 heavy (non-hydrogen) atoms. The Morgan fingerprint density at radius 3 is 1.40 bits per heavy atom. The maximum absolute atomic E-state index is 2.15. The molecule has 0 bridgehead atoms. The molecular weight excluding hydrogens is 170 g/mol. The van der Waals surface area contributed by atoms with Gasteiger partial charge in [0.1, 0.15) is 0 Å². The molecule has 0 aliphatic carbocycles. The molecule has 0 rings (SSSR count). The molecule has 1 unspecified atom stereocenters. The molecule has 0 radical (unpaired) electrons. The zero-order valence-electron chi connectivity index (χ0n) is 3.10. The molecule has 0 spiro atoms. The monoisotopic (exact) mass is 178 g/mol. The van der Waals surface area contributed by atoms with Gasteiger partial charge in [-0.1, -0.05) is 0 Å². The van der Waals surface area contributed by atoms with Crippen LogP contribution in [-0.4, -0.2) is 16.9 Å². The molecule has 0 N–H and O–H groups in total. The van der Waals surface area contributed by atoms with Crippen LogP contribution in [0.1, 0.15) is 6.92 Å². The van der Waals surface area contributed by atoms with E-state index < -0.39 is 0 Å². The molecule has 0 saturated heterocycles. The third kappa shape index (κ3) is 39.1. The van der Waals surface area contributed by atoms with Crippen molar-refractivity contribution in [1.82, 2.24) is 0 Å². The second-order valence-electron chi connectivity index (χ2n) is 0.408. The van der Waals surface area contributed by atoms with Crippen LogP contribution in [0.5, 0.6) is 0 Å². The van der Waals surface area contributed by atoms with Crippen LogP contribution >= 0.6 is 24.8 Å². The maximum atomic E-state index is 2.15. The Kier molecular flexibility index (Phi) is 63.3. The van der Waals surface area contributed by atoms with Gasteiger partial charge in [0.05, 0.1) is 0 Å². The van der Waals surface area contributed by atoms with Crippen LogP contribution in [0.15, 0.2) is 0 Å². The van der Waals surface area contributed by atoms with Gasteiger partial charge in [-0.3, -0.25) is 0 Å². The minimum Gasteiger partial charge on any atom is -0.147 e. The molecule has 0 aliphatic heterocycles. The van der Waals surface area contributed by atoms with E-state index in [-0.39, 0.29) is 24.8 Å². The summed E-state index contributed by atoms with van der Waals surface area (Å²) in [6, 6.07) is 0. The van der Waals surface area contributed by atoms with E-state index in [0.717, 1.165) is 0 Å². The Bertz CT molecular complexity index is 7.61. The van der Waals surface area contributed by atoms with Crippen molar-refractivity contribution in [2.45, 2.75) is 12.1 Å². The molecule has 1 atom stereocenters. The third-order valence-electron chi connectivity index (χ3n) is 0. The molecule has 36 valence electrons. The van der Waals surface area contributed by atoms with Crippen LogP contribution in [0, 0.1) is 0 Å². The molecule has 0 aromatic rings. The number of hydrogen-bond acceptors (Lipinski definition) is 0. The van der Waals surface area contributed by atoms with E-state index in [9.17, 15) is 0 Å². The van der Waals surface area contributed by atoms with E-state index in [1.165, 1.54) is 5.21 Å². The van der Waals surface area contributed by atoms with E-state index in [0.29, 0.717) is 0 Å². The first-order chi connectivity index (χ1) is 1.41. The smallest absolute Gasteiger partial charge is 0.147 e. The molecule has 0 fully saturated rings. The second kappa shape index (κ2) is 19.2. The van der Waals surface area contributed by atoms with Crippen molar-refractivity contribution in [3.8, 4) is 0 Å². The predicted octanol–water partition coefficient (Wildman–Crippen LogP) is 0.901. The molecule has 0 amide bonds. The Morgan fingerprint density at radius 1 is 1.40 bits per heavy atom. The number of rotatable bonds is 0. The van der Waals surface area contributed by atoms with Gasteiger partial charge in [0, 0.05) is 0 Å². The van der Waals surface area contributed by atoms with Crippen molar-refractivity contribution in [2.24, 2.45) is 0 Å². The summed E-state index contributed by atoms with van der Waals surface area (Å²) in [5.41, 5.74) is 0. The summed E-state index contributed by atoms with van der Waals surface area (Å²) in [4.78, 5) is 0. The summed E-state index contributed by atoms with van der Waals surface area (Å²) in [7, 11) is 0. The van der Waals surface area contributed by atoms with Crippen molar-refractivity contribution < 1.29 is 0 Å². The average molecular weight is 179 g/mol. The topological polar surface area (TPSA) is 0 Å². The van der Waals surface area contributed by atoms with Crippen molar-refractivity contribution in [3.05, 3.63) is 0 Å². The van der Waals surface area contributed by atoms with Crippen molar-refractivity contribution >= 4 is 41.7 Å². The first-order valence-corrected chi connectivity index (χ1v) is 2.83. The summed E-state index contributed by atoms with van der Waals surface area (Å²) in [5, 5.41) is 1.31. The predicted molar refractivity (Wildman–Crippen MR) is 33.5 cm³/mol. The van der Waals surface area contributed by atoms with Gasteiger partial charge >= 0.3 is 29.0 Å². The first kappa shape index (κ1) is 16.5. The minimum absolute atomic E-state index is 0. The maximum Gasteiger partial charge on any atom is -0.147 e. The zero-order chi connectivity index (χ0) is 2.71. The van der Waals surface area contributed by atoms with Gasteiger partial charge in [-0.05, 0) is 0 Å². The quantitative estimate of drug-likeness (QED) is 0.484. The SMILES string of the molecule is CC[AsH2].Cl.Cl. The summed E-state index contributed by atoms with van der Waals surface area (Å²) in [6.45, 7) is 2.15. The van der Waals surface area contributed by atoms with E-state index in [1.54, 1.807) is 16.9 Å². The van der Waals surface area contributed by atoms with Gasteiger partial charge in [0.25, 0.3) is 0 Å². The standard InChI is InChI=1S/C2H7As.2ClH/c1-2-3;;/h2-3H2,1H3;2*1H. The summed E-state index contributed by atoms with van der Waals surface area (Å²) in [5.74, 6) is 0. The van der Waals surface area contributed by atoms with Gasteiger partial charge in [0.2, 0.25) is 0 Å². The van der Waals surface area contributed by atoms with Crippen LogP contribution in [-0.2, 0) is 0 Å². The van der Waals surface area contributed by atoms with E-state index >= 15 is 0 Å². The van der Waals surface area contributed by atoms with Crippen LogP contribution < -0.4 is 0 Å². The fourth-order valence-electron chi connectivity index (χ4n) is 0. The van der Waals surface area contributed by atoms with E-state index in [1.807, 2.05) is 0 Å². The fraction of sp³-hybridized carbons (Fsp3) is 1.00. The zero-order valence-corrected chi connectivity index (χ0v) is 7.16. The van der Waals surface area contributed by atoms with Crippen LogP contribution in [0.4, 0.5) is 0 Å². The van der Waals surface area contributed by atoms with Gasteiger partial charge < -0.3 is 0 Å². The van der Waals surface area contributed by atoms with Gasteiger partial charge in [0.15, 0.2) is 0 Å². The van der Waals surface area contributed by atoms with Crippen LogP contribution in [0.2, 0.25) is 5.21 Å². The average Bonchev–Trinajstić information content (AvgIpc) is 0.918. The normalized spacial score (nSPS) is 3.60. The molecule has 0 aliphatic rings. The fourth-order valence-corrected chi connectivity index (χ4v) is 0. The molecule has 3 heteroatoms. The van der Waals surface area contributed by atoms with E-state index in [2.05, 4.69) is 6.92 Å². The van der Waals surface area contributed by atoms with E-state index in [4.69, 9.17) is 0 Å². The van der Waals surface area contributed by atoms with Gasteiger partial charge in [-0.15, -0.1) is 24.8 Å². The number of halogens is 2. The third-order valence-corrected chi connectivity index (χ3v) is 0. The van der Waals surface area contributed by atoms with Gasteiger partial charge in [-0.2, -0.15) is 0 Å². The molecule has 0 aromatic heterocycles. The molecular formula is C2H9AsCl2. The summed E-state index contributed by atoms with van der Waals surface area (Å²) < 4.78 is 0. The Morgan fingerprint density at radius 2 is 1.40 bits per heavy atom. The first-order valence-electron chi connectivity index (χ1n) is 1.12. The van der Waals surface area contributed by atoms with Crippen LogP contribution in [0.25, 0.3) is 0 Å². The van der Waals surface area contributed by atoms with Crippen LogP contribution in [0.3, 0.4) is 0 Å². The van der Waals surface area contributed by atoms with Crippen molar-refractivity contribution in [3.63, 3.8) is 0 Å². The minimum atomic E-state index is 0. The largest absolute Gasteiger partial charge is 0.147 e. The summed E-state index contributed by atoms with van der Waals surface area (Å²) >= 11 is 1.78. The number of hydrogen-bond donors (Lipinski definition) is 0. The molecule has 0 aromatic carbocycles. The Labute approximate surface area is 54.0 Å². The molecule has 0 saturated carbocycles. The molecule has 0 heterocycles. The second-order valence-corrected chi connectivity index (χ2v) is 2.12. The van der Waals surface area contributed by atoms with Gasteiger partial charge in [-0.25, -0.2) is 0 Å².